The topological polar surface area (TPSA) is 75.7 Å². The molecule has 0 radical (unpaired) electrons. The summed E-state index contributed by atoms with van der Waals surface area (Å²) in [6.07, 6.45) is -0.515. The fourth-order valence-electron chi connectivity index (χ4n) is 1.06. The molecule has 1 saturated heterocycles. The van der Waals surface area contributed by atoms with Gasteiger partial charge >= 0.3 is 0 Å². The molecule has 0 aromatic heterocycles. The molecular weight excluding hydrogens is 134 g/mol. The van der Waals surface area contributed by atoms with Crippen LogP contribution in [0.1, 0.15) is 6.42 Å². The van der Waals surface area contributed by atoms with Crippen molar-refractivity contribution in [1.29, 1.82) is 0 Å². The quantitative estimate of drug-likeness (QED) is 0.420. The Kier molecular flexibility index (Phi) is 2.62. The van der Waals surface area contributed by atoms with Gasteiger partial charge in [-0.2, -0.15) is 0 Å². The van der Waals surface area contributed by atoms with Gasteiger partial charge in [0.05, 0.1) is 19.3 Å². The third-order valence-corrected chi connectivity index (χ3v) is 1.68. The van der Waals surface area contributed by atoms with Crippen molar-refractivity contribution in [2.75, 3.05) is 13.2 Å². The Morgan fingerprint density at radius 3 is 2.80 bits per heavy atom. The molecule has 3 atom stereocenters. The first-order chi connectivity index (χ1) is 4.74. The molecule has 1 aliphatic heterocycles. The lowest BCUT2D eigenvalue weighted by Gasteiger charge is -2.30. The van der Waals surface area contributed by atoms with Gasteiger partial charge in [0.25, 0.3) is 0 Å². The molecule has 0 spiro atoms. The Balaban J connectivity index is 2.36. The van der Waals surface area contributed by atoms with Crippen LogP contribution in [0.15, 0.2) is 0 Å². The van der Waals surface area contributed by atoms with Crippen LogP contribution in [0.2, 0.25) is 0 Å². The summed E-state index contributed by atoms with van der Waals surface area (Å²) in [6.45, 7) is 0.302. The van der Waals surface area contributed by atoms with Crippen molar-refractivity contribution in [2.24, 2.45) is 5.73 Å². The van der Waals surface area contributed by atoms with E-state index in [1.165, 1.54) is 0 Å². The van der Waals surface area contributed by atoms with Gasteiger partial charge in [-0.05, 0) is 6.42 Å². The monoisotopic (exact) mass is 147 g/mol. The summed E-state index contributed by atoms with van der Waals surface area (Å²) in [4.78, 5) is 0. The molecule has 1 fully saturated rings. The molecule has 1 aliphatic rings. The molecule has 4 heteroatoms. The summed E-state index contributed by atoms with van der Waals surface area (Å²) in [6, 6.07) is -0.0854. The molecule has 0 amide bonds. The van der Waals surface area contributed by atoms with Gasteiger partial charge in [0, 0.05) is 6.04 Å². The maximum absolute atomic E-state index is 9.17. The van der Waals surface area contributed by atoms with E-state index in [9.17, 15) is 5.11 Å². The maximum atomic E-state index is 9.17. The predicted octanol–water partition coefficient (Wildman–Crippen LogP) is -1.54. The van der Waals surface area contributed by atoms with Crippen LogP contribution in [0.25, 0.3) is 0 Å². The van der Waals surface area contributed by atoms with Gasteiger partial charge in [0.15, 0.2) is 0 Å². The second-order valence-electron chi connectivity index (χ2n) is 2.62. The van der Waals surface area contributed by atoms with Gasteiger partial charge in [-0.25, -0.2) is 0 Å². The number of hydrogen-bond donors (Lipinski definition) is 3. The molecule has 4 nitrogen and oxygen atoms in total. The van der Waals surface area contributed by atoms with Crippen molar-refractivity contribution in [3.05, 3.63) is 0 Å². The number of hydrogen-bond acceptors (Lipinski definition) is 4. The van der Waals surface area contributed by atoms with Gasteiger partial charge < -0.3 is 20.7 Å². The summed E-state index contributed by atoms with van der Waals surface area (Å²) in [7, 11) is 0. The van der Waals surface area contributed by atoms with Crippen molar-refractivity contribution in [3.63, 3.8) is 0 Å². The van der Waals surface area contributed by atoms with E-state index in [-0.39, 0.29) is 12.6 Å². The Morgan fingerprint density at radius 1 is 1.60 bits per heavy atom. The summed E-state index contributed by atoms with van der Waals surface area (Å²) in [5.41, 5.74) is 5.48. The van der Waals surface area contributed by atoms with Crippen LogP contribution in [0.3, 0.4) is 0 Å². The number of ether oxygens (including phenoxy) is 1. The third-order valence-electron chi connectivity index (χ3n) is 1.68. The van der Waals surface area contributed by atoms with Gasteiger partial charge in [-0.15, -0.1) is 0 Å². The van der Waals surface area contributed by atoms with E-state index in [0.29, 0.717) is 13.0 Å². The predicted molar refractivity (Wildman–Crippen MR) is 35.4 cm³/mol. The molecular formula is C6H13NO3. The lowest BCUT2D eigenvalue weighted by atomic mass is 10.0. The Labute approximate surface area is 59.6 Å². The number of aliphatic hydroxyl groups excluding tert-OH is 2. The third kappa shape index (κ3) is 1.67. The molecule has 0 unspecified atom stereocenters. The first kappa shape index (κ1) is 7.94. The van der Waals surface area contributed by atoms with Crippen LogP contribution in [0, 0.1) is 0 Å². The largest absolute Gasteiger partial charge is 0.394 e. The van der Waals surface area contributed by atoms with E-state index in [2.05, 4.69) is 0 Å². The molecule has 4 N–H and O–H groups in total. The highest BCUT2D eigenvalue weighted by Crippen LogP contribution is 2.12. The van der Waals surface area contributed by atoms with Crippen molar-refractivity contribution in [3.8, 4) is 0 Å². The van der Waals surface area contributed by atoms with Crippen LogP contribution in [0.4, 0.5) is 0 Å². The Bertz CT molecular complexity index is 109. The summed E-state index contributed by atoms with van der Waals surface area (Å²) in [5, 5.41) is 17.8. The minimum atomic E-state index is -0.603. The zero-order valence-corrected chi connectivity index (χ0v) is 5.73. The van der Waals surface area contributed by atoms with E-state index in [1.807, 2.05) is 0 Å². The molecule has 0 saturated carbocycles. The second-order valence-corrected chi connectivity index (χ2v) is 2.62. The fraction of sp³-hybridized carbons (Fsp3) is 1.00. The normalized spacial score (nSPS) is 41.7. The average Bonchev–Trinajstić information content (AvgIpc) is 1.88. The van der Waals surface area contributed by atoms with Gasteiger partial charge in [-0.3, -0.25) is 0 Å². The first-order valence-corrected chi connectivity index (χ1v) is 3.40. The Hall–Kier alpha value is -0.160. The highest BCUT2D eigenvalue weighted by Gasteiger charge is 2.26. The first-order valence-electron chi connectivity index (χ1n) is 3.40. The van der Waals surface area contributed by atoms with Crippen LogP contribution < -0.4 is 5.73 Å². The molecule has 0 bridgehead atoms. The minimum Gasteiger partial charge on any atom is -0.394 e. The standard InChI is InChI=1S/C6H13NO3/c7-4-1-5(9)6(2-8)10-3-4/h4-6,8-9H,1-3,7H2/t4-,5-,6-/m1/s1. The molecule has 0 aliphatic carbocycles. The number of aliphatic hydroxyl groups is 2. The van der Waals surface area contributed by atoms with Gasteiger partial charge in [-0.1, -0.05) is 0 Å². The highest BCUT2D eigenvalue weighted by atomic mass is 16.5. The van der Waals surface area contributed by atoms with Crippen LogP contribution in [-0.4, -0.2) is 41.7 Å². The smallest absolute Gasteiger partial charge is 0.106 e. The van der Waals surface area contributed by atoms with E-state index in [0.717, 1.165) is 0 Å². The van der Waals surface area contributed by atoms with E-state index in [4.69, 9.17) is 15.6 Å². The summed E-state index contributed by atoms with van der Waals surface area (Å²) < 4.78 is 5.03. The maximum Gasteiger partial charge on any atom is 0.106 e. The van der Waals surface area contributed by atoms with E-state index in [1.54, 1.807) is 0 Å². The highest BCUT2D eigenvalue weighted by molar-refractivity contribution is 4.79. The fourth-order valence-corrected chi connectivity index (χ4v) is 1.06. The number of nitrogens with two attached hydrogens (primary N) is 1. The van der Waals surface area contributed by atoms with Crippen molar-refractivity contribution >= 4 is 0 Å². The van der Waals surface area contributed by atoms with Crippen LogP contribution in [-0.2, 0) is 4.74 Å². The van der Waals surface area contributed by atoms with Crippen molar-refractivity contribution in [2.45, 2.75) is 24.7 Å². The summed E-state index contributed by atoms with van der Waals surface area (Å²) in [5.74, 6) is 0. The average molecular weight is 147 g/mol. The minimum absolute atomic E-state index is 0.0854. The van der Waals surface area contributed by atoms with Crippen LogP contribution in [0.5, 0.6) is 0 Å². The molecule has 1 heterocycles. The van der Waals surface area contributed by atoms with Crippen molar-refractivity contribution in [1.82, 2.24) is 0 Å². The summed E-state index contributed by atoms with van der Waals surface area (Å²) >= 11 is 0. The zero-order valence-electron chi connectivity index (χ0n) is 5.73. The zero-order chi connectivity index (χ0) is 7.56. The molecule has 1 rings (SSSR count). The molecule has 0 aromatic rings. The lowest BCUT2D eigenvalue weighted by Crippen LogP contribution is -2.46. The van der Waals surface area contributed by atoms with Gasteiger partial charge in [0.2, 0.25) is 0 Å². The Morgan fingerprint density at radius 2 is 2.30 bits per heavy atom. The lowest BCUT2D eigenvalue weighted by molar-refractivity contribution is -0.101. The second kappa shape index (κ2) is 3.30. The van der Waals surface area contributed by atoms with Gasteiger partial charge in [0.1, 0.15) is 6.10 Å². The van der Waals surface area contributed by atoms with Crippen molar-refractivity contribution < 1.29 is 14.9 Å². The van der Waals surface area contributed by atoms with Crippen LogP contribution >= 0.6 is 0 Å². The van der Waals surface area contributed by atoms with E-state index < -0.39 is 12.2 Å². The molecule has 10 heavy (non-hydrogen) atoms. The number of rotatable bonds is 1. The molecule has 0 aromatic carbocycles. The van der Waals surface area contributed by atoms with E-state index >= 15 is 0 Å². The molecule has 60 valence electrons. The SMILES string of the molecule is N[C@H]1CO[C@H](CO)[C@H](O)C1.